The average Bonchev–Trinajstić information content (AvgIpc) is 2.49. The summed E-state index contributed by atoms with van der Waals surface area (Å²) in [5, 5.41) is 12.3. The normalized spacial score (nSPS) is 11.2. The highest BCUT2D eigenvalue weighted by Crippen LogP contribution is 2.24. The van der Waals surface area contributed by atoms with Crippen LogP contribution in [0, 0.1) is 5.41 Å². The number of aromatic nitrogens is 1. The van der Waals surface area contributed by atoms with E-state index in [1.165, 1.54) is 7.11 Å². The molecule has 1 aromatic heterocycles. The lowest BCUT2D eigenvalue weighted by molar-refractivity contribution is 0.0848. The Morgan fingerprint density at radius 1 is 1.47 bits per heavy atom. The molecule has 0 fully saturated rings. The molecule has 0 saturated carbocycles. The summed E-state index contributed by atoms with van der Waals surface area (Å²) in [7, 11) is 1.48. The number of hydrogen-bond donors (Lipinski definition) is 2. The first-order valence-corrected chi connectivity index (χ1v) is 6.50. The molecule has 0 radical (unpaired) electrons. The zero-order chi connectivity index (χ0) is 14.3. The van der Waals surface area contributed by atoms with Crippen LogP contribution in [0.25, 0.3) is 0 Å². The standard InChI is InChI=1S/C14H22N2O3/c1-4-14(5-2,10-17)9-16-12(18)11-7-6-8-15-13(11)19-3/h6-8,17H,4-5,9-10H2,1-3H3,(H,16,18). The molecule has 0 spiro atoms. The van der Waals surface area contributed by atoms with Gasteiger partial charge < -0.3 is 15.2 Å². The van der Waals surface area contributed by atoms with Crippen LogP contribution < -0.4 is 10.1 Å². The van der Waals surface area contributed by atoms with E-state index in [0.717, 1.165) is 12.8 Å². The van der Waals surface area contributed by atoms with Gasteiger partial charge in [0.25, 0.3) is 5.91 Å². The molecule has 0 aromatic carbocycles. The second-order valence-electron chi connectivity index (χ2n) is 4.61. The summed E-state index contributed by atoms with van der Waals surface area (Å²) in [6.45, 7) is 4.52. The van der Waals surface area contributed by atoms with E-state index in [0.29, 0.717) is 18.0 Å². The van der Waals surface area contributed by atoms with Crippen molar-refractivity contribution in [3.05, 3.63) is 23.9 Å². The molecule has 0 bridgehead atoms. The molecule has 0 unspecified atom stereocenters. The molecular weight excluding hydrogens is 244 g/mol. The molecule has 0 aliphatic carbocycles. The number of amides is 1. The number of aliphatic hydroxyl groups excluding tert-OH is 1. The minimum atomic E-state index is -0.259. The summed E-state index contributed by atoms with van der Waals surface area (Å²) < 4.78 is 5.06. The quantitative estimate of drug-likeness (QED) is 0.786. The molecule has 1 amide bonds. The van der Waals surface area contributed by atoms with Crippen LogP contribution >= 0.6 is 0 Å². The smallest absolute Gasteiger partial charge is 0.256 e. The van der Waals surface area contributed by atoms with Gasteiger partial charge in [0.15, 0.2) is 0 Å². The fourth-order valence-corrected chi connectivity index (χ4v) is 1.87. The number of methoxy groups -OCH3 is 1. The Morgan fingerprint density at radius 2 is 2.16 bits per heavy atom. The van der Waals surface area contributed by atoms with Crippen LogP contribution in [-0.2, 0) is 0 Å². The third kappa shape index (κ3) is 3.67. The van der Waals surface area contributed by atoms with Crippen molar-refractivity contribution in [1.29, 1.82) is 0 Å². The van der Waals surface area contributed by atoms with E-state index < -0.39 is 0 Å². The average molecular weight is 266 g/mol. The SMILES string of the molecule is CCC(CC)(CO)CNC(=O)c1cccnc1OC. The number of rotatable bonds is 7. The molecule has 1 rings (SSSR count). The van der Waals surface area contributed by atoms with Crippen molar-refractivity contribution in [1.82, 2.24) is 10.3 Å². The minimum Gasteiger partial charge on any atom is -0.480 e. The van der Waals surface area contributed by atoms with Gasteiger partial charge in [-0.15, -0.1) is 0 Å². The van der Waals surface area contributed by atoms with Crippen LogP contribution in [0.1, 0.15) is 37.0 Å². The van der Waals surface area contributed by atoms with Crippen LogP contribution in [0.5, 0.6) is 5.88 Å². The van der Waals surface area contributed by atoms with Gasteiger partial charge in [-0.2, -0.15) is 0 Å². The van der Waals surface area contributed by atoms with Crippen molar-refractivity contribution in [3.63, 3.8) is 0 Å². The molecule has 0 aliphatic rings. The van der Waals surface area contributed by atoms with Crippen LogP contribution in [0.4, 0.5) is 0 Å². The second kappa shape index (κ2) is 7.09. The summed E-state index contributed by atoms with van der Waals surface area (Å²) in [5.74, 6) is 0.0762. The van der Waals surface area contributed by atoms with E-state index in [-0.39, 0.29) is 17.9 Å². The van der Waals surface area contributed by atoms with Crippen molar-refractivity contribution < 1.29 is 14.6 Å². The first-order valence-electron chi connectivity index (χ1n) is 6.50. The van der Waals surface area contributed by atoms with Crippen molar-refractivity contribution >= 4 is 5.91 Å². The highest BCUT2D eigenvalue weighted by molar-refractivity contribution is 5.96. The van der Waals surface area contributed by atoms with E-state index in [1.807, 2.05) is 13.8 Å². The molecular formula is C14H22N2O3. The molecule has 0 saturated heterocycles. The number of nitrogens with zero attached hydrogens (tertiary/aromatic N) is 1. The highest BCUT2D eigenvalue weighted by atomic mass is 16.5. The van der Waals surface area contributed by atoms with Gasteiger partial charge in [0, 0.05) is 18.2 Å². The Hall–Kier alpha value is -1.62. The number of nitrogens with one attached hydrogen (secondary N) is 1. The number of aliphatic hydroxyl groups is 1. The van der Waals surface area contributed by atoms with Crippen molar-refractivity contribution in [2.24, 2.45) is 5.41 Å². The Kier molecular flexibility index (Phi) is 5.76. The summed E-state index contributed by atoms with van der Waals surface area (Å²) in [4.78, 5) is 16.1. The zero-order valence-corrected chi connectivity index (χ0v) is 11.8. The van der Waals surface area contributed by atoms with Crippen molar-refractivity contribution in [3.8, 4) is 5.88 Å². The molecule has 0 aliphatic heterocycles. The summed E-state index contributed by atoms with van der Waals surface area (Å²) in [6, 6.07) is 3.36. The van der Waals surface area contributed by atoms with Gasteiger partial charge in [-0.3, -0.25) is 4.79 Å². The monoisotopic (exact) mass is 266 g/mol. The van der Waals surface area contributed by atoms with Crippen LogP contribution in [0.3, 0.4) is 0 Å². The third-order valence-electron chi connectivity index (χ3n) is 3.67. The maximum absolute atomic E-state index is 12.1. The van der Waals surface area contributed by atoms with Crippen LogP contribution in [-0.4, -0.2) is 36.3 Å². The lowest BCUT2D eigenvalue weighted by Crippen LogP contribution is -2.39. The topological polar surface area (TPSA) is 71.5 Å². The van der Waals surface area contributed by atoms with Gasteiger partial charge in [-0.1, -0.05) is 13.8 Å². The van der Waals surface area contributed by atoms with E-state index in [1.54, 1.807) is 18.3 Å². The van der Waals surface area contributed by atoms with Gasteiger partial charge in [0.2, 0.25) is 5.88 Å². The number of hydrogen-bond acceptors (Lipinski definition) is 4. The lowest BCUT2D eigenvalue weighted by atomic mass is 9.83. The third-order valence-corrected chi connectivity index (χ3v) is 3.67. The Bertz CT molecular complexity index is 409. The van der Waals surface area contributed by atoms with Crippen molar-refractivity contribution in [2.75, 3.05) is 20.3 Å². The molecule has 5 heteroatoms. The first kappa shape index (κ1) is 15.4. The van der Waals surface area contributed by atoms with Gasteiger partial charge in [-0.05, 0) is 25.0 Å². The fraction of sp³-hybridized carbons (Fsp3) is 0.571. The van der Waals surface area contributed by atoms with Crippen LogP contribution in [0.15, 0.2) is 18.3 Å². The summed E-state index contributed by atoms with van der Waals surface area (Å²) in [6.07, 6.45) is 3.20. The zero-order valence-electron chi connectivity index (χ0n) is 11.8. The van der Waals surface area contributed by atoms with Crippen molar-refractivity contribution in [2.45, 2.75) is 26.7 Å². The number of pyridine rings is 1. The predicted molar refractivity (Wildman–Crippen MR) is 73.2 cm³/mol. The highest BCUT2D eigenvalue weighted by Gasteiger charge is 2.26. The van der Waals surface area contributed by atoms with Gasteiger partial charge >= 0.3 is 0 Å². The molecule has 1 aromatic rings. The van der Waals surface area contributed by atoms with E-state index in [4.69, 9.17) is 4.74 Å². The summed E-state index contributed by atoms with van der Waals surface area (Å²) >= 11 is 0. The van der Waals surface area contributed by atoms with E-state index in [2.05, 4.69) is 10.3 Å². The predicted octanol–water partition coefficient (Wildman–Crippen LogP) is 1.62. The maximum atomic E-state index is 12.1. The molecule has 5 nitrogen and oxygen atoms in total. The molecule has 2 N–H and O–H groups in total. The van der Waals surface area contributed by atoms with Crippen LogP contribution in [0.2, 0.25) is 0 Å². The van der Waals surface area contributed by atoms with E-state index in [9.17, 15) is 9.90 Å². The number of carbonyl (C=O) groups excluding carboxylic acids is 1. The molecule has 19 heavy (non-hydrogen) atoms. The van der Waals surface area contributed by atoms with E-state index >= 15 is 0 Å². The molecule has 1 heterocycles. The first-order chi connectivity index (χ1) is 9.12. The number of carbonyl (C=O) groups is 1. The second-order valence-corrected chi connectivity index (χ2v) is 4.61. The Balaban J connectivity index is 2.75. The lowest BCUT2D eigenvalue weighted by Gasteiger charge is -2.29. The maximum Gasteiger partial charge on any atom is 0.256 e. The minimum absolute atomic E-state index is 0.0600. The fourth-order valence-electron chi connectivity index (χ4n) is 1.87. The summed E-state index contributed by atoms with van der Waals surface area (Å²) in [5.41, 5.74) is 0.148. The largest absolute Gasteiger partial charge is 0.480 e. The van der Waals surface area contributed by atoms with Gasteiger partial charge in [-0.25, -0.2) is 4.98 Å². The molecule has 106 valence electrons. The molecule has 0 atom stereocenters. The van der Waals surface area contributed by atoms with Gasteiger partial charge in [0.1, 0.15) is 5.56 Å². The Morgan fingerprint density at radius 3 is 2.68 bits per heavy atom. The van der Waals surface area contributed by atoms with Gasteiger partial charge in [0.05, 0.1) is 13.7 Å². The Labute approximate surface area is 114 Å². The number of ether oxygens (including phenoxy) is 1.